The van der Waals surface area contributed by atoms with Crippen molar-refractivity contribution < 1.29 is 27.5 Å². The van der Waals surface area contributed by atoms with Crippen LogP contribution in [0.25, 0.3) is 10.1 Å². The van der Waals surface area contributed by atoms with Gasteiger partial charge in [0.15, 0.2) is 0 Å². The van der Waals surface area contributed by atoms with Crippen LogP contribution < -0.4 is 0 Å². The zero-order chi connectivity index (χ0) is 18.5. The standard InChI is InChI=1S/C14H8Cl2F4N2O2S/c15-5-2-1-3-7-8(5)9(16)10(25-7)12(23)22-14(24,13(19)20)4-6(21-22)11(17)18/h1-3,11,13,24H,4H2/t14-/m0/s1. The second-order valence-electron chi connectivity index (χ2n) is 5.22. The summed E-state index contributed by atoms with van der Waals surface area (Å²) in [6.07, 6.45) is -7.85. The van der Waals surface area contributed by atoms with E-state index in [0.717, 1.165) is 11.3 Å². The highest BCUT2D eigenvalue weighted by molar-refractivity contribution is 7.21. The molecule has 0 saturated heterocycles. The molecule has 1 N–H and O–H groups in total. The predicted molar refractivity (Wildman–Crippen MR) is 87.0 cm³/mol. The summed E-state index contributed by atoms with van der Waals surface area (Å²) >= 11 is 13.0. The number of amides is 1. The summed E-state index contributed by atoms with van der Waals surface area (Å²) in [7, 11) is 0. The topological polar surface area (TPSA) is 52.9 Å². The molecule has 1 aromatic heterocycles. The average Bonchev–Trinajstić information content (AvgIpc) is 3.07. The van der Waals surface area contributed by atoms with Gasteiger partial charge in [0.05, 0.1) is 10.0 Å². The average molecular weight is 415 g/mol. The van der Waals surface area contributed by atoms with Gasteiger partial charge in [-0.2, -0.15) is 10.1 Å². The van der Waals surface area contributed by atoms with Gasteiger partial charge in [-0.15, -0.1) is 11.3 Å². The van der Waals surface area contributed by atoms with Crippen LogP contribution in [-0.2, 0) is 0 Å². The van der Waals surface area contributed by atoms with Gasteiger partial charge in [0.1, 0.15) is 10.6 Å². The minimum absolute atomic E-state index is 0.0241. The molecule has 1 atom stereocenters. The number of aliphatic hydroxyl groups is 1. The van der Waals surface area contributed by atoms with E-state index < -0.39 is 36.6 Å². The molecule has 0 unspecified atom stereocenters. The van der Waals surface area contributed by atoms with Crippen LogP contribution in [0.2, 0.25) is 10.0 Å². The minimum atomic E-state index is -3.51. The normalized spacial score (nSPS) is 20.8. The number of hydrogen-bond donors (Lipinski definition) is 1. The lowest BCUT2D eigenvalue weighted by Crippen LogP contribution is -2.51. The van der Waals surface area contributed by atoms with E-state index >= 15 is 0 Å². The highest BCUT2D eigenvalue weighted by Gasteiger charge is 2.54. The van der Waals surface area contributed by atoms with Gasteiger partial charge in [-0.1, -0.05) is 29.3 Å². The Hall–Kier alpha value is -1.42. The first-order valence-electron chi connectivity index (χ1n) is 6.74. The van der Waals surface area contributed by atoms with E-state index in [1.165, 1.54) is 6.07 Å². The van der Waals surface area contributed by atoms with E-state index in [4.69, 9.17) is 23.2 Å². The number of alkyl halides is 4. The van der Waals surface area contributed by atoms with Crippen molar-refractivity contribution in [1.82, 2.24) is 5.01 Å². The van der Waals surface area contributed by atoms with Gasteiger partial charge >= 0.3 is 0 Å². The lowest BCUT2D eigenvalue weighted by atomic mass is 10.1. The maximum absolute atomic E-state index is 13.2. The number of carbonyl (C=O) groups excluding carboxylic acids is 1. The number of rotatable bonds is 3. The maximum atomic E-state index is 13.2. The number of fused-ring (bicyclic) bond motifs is 1. The van der Waals surface area contributed by atoms with Gasteiger partial charge in [-0.3, -0.25) is 4.79 Å². The van der Waals surface area contributed by atoms with Crippen molar-refractivity contribution in [1.29, 1.82) is 0 Å². The zero-order valence-corrected chi connectivity index (χ0v) is 14.3. The Labute approximate surface area is 152 Å². The van der Waals surface area contributed by atoms with Gasteiger partial charge in [-0.05, 0) is 12.1 Å². The Morgan fingerprint density at radius 2 is 2.00 bits per heavy atom. The van der Waals surface area contributed by atoms with Crippen LogP contribution in [0.1, 0.15) is 16.1 Å². The zero-order valence-electron chi connectivity index (χ0n) is 12.0. The van der Waals surface area contributed by atoms with E-state index in [2.05, 4.69) is 5.10 Å². The summed E-state index contributed by atoms with van der Waals surface area (Å²) in [5.74, 6) is -1.21. The number of halogens is 6. The highest BCUT2D eigenvalue weighted by atomic mass is 35.5. The van der Waals surface area contributed by atoms with Crippen molar-refractivity contribution >= 4 is 56.2 Å². The molecule has 1 amide bonds. The molecule has 11 heteroatoms. The molecule has 4 nitrogen and oxygen atoms in total. The summed E-state index contributed by atoms with van der Waals surface area (Å²) in [4.78, 5) is 12.4. The van der Waals surface area contributed by atoms with Crippen LogP contribution in [0.15, 0.2) is 23.3 Å². The van der Waals surface area contributed by atoms with E-state index in [1.807, 2.05) is 0 Å². The highest BCUT2D eigenvalue weighted by Crippen LogP contribution is 2.42. The fourth-order valence-corrected chi connectivity index (χ4v) is 4.28. The van der Waals surface area contributed by atoms with E-state index in [1.54, 1.807) is 12.1 Å². The van der Waals surface area contributed by atoms with Gasteiger partial charge in [0.2, 0.25) is 5.72 Å². The Morgan fingerprint density at radius 3 is 2.56 bits per heavy atom. The lowest BCUT2D eigenvalue weighted by molar-refractivity contribution is -0.164. The van der Waals surface area contributed by atoms with Crippen molar-refractivity contribution in [2.45, 2.75) is 25.0 Å². The number of hydrazone groups is 1. The fraction of sp³-hybridized carbons (Fsp3) is 0.286. The van der Waals surface area contributed by atoms with Gasteiger partial charge in [0, 0.05) is 16.5 Å². The molecule has 25 heavy (non-hydrogen) atoms. The SMILES string of the molecule is O=C(c1sc2cccc(Cl)c2c1Cl)N1N=C(C(F)F)C[C@]1(O)C(F)F. The number of nitrogens with zero attached hydrogens (tertiary/aromatic N) is 2. The molecule has 134 valence electrons. The fourth-order valence-electron chi connectivity index (χ4n) is 2.41. The Bertz CT molecular complexity index is 889. The molecule has 1 aliphatic rings. The molecule has 0 saturated carbocycles. The second-order valence-corrected chi connectivity index (χ2v) is 7.06. The van der Waals surface area contributed by atoms with Gasteiger partial charge in [0.25, 0.3) is 18.8 Å². The lowest BCUT2D eigenvalue weighted by Gasteiger charge is -2.29. The molecule has 0 aliphatic carbocycles. The summed E-state index contributed by atoms with van der Waals surface area (Å²) in [6, 6.07) is 4.73. The molecule has 0 spiro atoms. The van der Waals surface area contributed by atoms with Crippen molar-refractivity contribution in [2.24, 2.45) is 5.10 Å². The molecule has 2 heterocycles. The molecular weight excluding hydrogens is 407 g/mol. The van der Waals surface area contributed by atoms with Crippen molar-refractivity contribution in [3.05, 3.63) is 33.1 Å². The van der Waals surface area contributed by atoms with E-state index in [9.17, 15) is 27.5 Å². The third-order valence-electron chi connectivity index (χ3n) is 3.63. The molecule has 3 rings (SSSR count). The largest absolute Gasteiger partial charge is 0.364 e. The summed E-state index contributed by atoms with van der Waals surface area (Å²) in [5.41, 5.74) is -4.17. The van der Waals surface area contributed by atoms with Crippen LogP contribution in [0.3, 0.4) is 0 Å². The Balaban J connectivity index is 2.10. The molecule has 2 aromatic rings. The van der Waals surface area contributed by atoms with Crippen LogP contribution >= 0.6 is 34.5 Å². The molecule has 0 bridgehead atoms. The maximum Gasteiger partial charge on any atom is 0.288 e. The minimum Gasteiger partial charge on any atom is -0.364 e. The third kappa shape index (κ3) is 2.88. The Kier molecular flexibility index (Phi) is 4.69. The predicted octanol–water partition coefficient (Wildman–Crippen LogP) is 4.63. The number of hydrogen-bond acceptors (Lipinski definition) is 4. The first-order chi connectivity index (χ1) is 11.7. The molecule has 1 aromatic carbocycles. The number of thiophene rings is 1. The monoisotopic (exact) mass is 414 g/mol. The summed E-state index contributed by atoms with van der Waals surface area (Å²) in [6.45, 7) is 0. The smallest absolute Gasteiger partial charge is 0.288 e. The Morgan fingerprint density at radius 1 is 1.32 bits per heavy atom. The molecule has 1 aliphatic heterocycles. The third-order valence-corrected chi connectivity index (χ3v) is 5.58. The quantitative estimate of drug-likeness (QED) is 0.744. The van der Waals surface area contributed by atoms with Crippen LogP contribution in [-0.4, -0.2) is 40.3 Å². The summed E-state index contributed by atoms with van der Waals surface area (Å²) < 4.78 is 52.6. The number of benzene rings is 1. The second kappa shape index (κ2) is 6.39. The van der Waals surface area contributed by atoms with Crippen LogP contribution in [0, 0.1) is 0 Å². The molecule has 0 radical (unpaired) electrons. The molecular formula is C14H8Cl2F4N2O2S. The van der Waals surface area contributed by atoms with Gasteiger partial charge < -0.3 is 5.11 Å². The van der Waals surface area contributed by atoms with Crippen molar-refractivity contribution in [3.8, 4) is 0 Å². The number of carbonyl (C=O) groups is 1. The van der Waals surface area contributed by atoms with Crippen molar-refractivity contribution in [2.75, 3.05) is 0 Å². The van der Waals surface area contributed by atoms with E-state index in [-0.39, 0.29) is 19.9 Å². The van der Waals surface area contributed by atoms with Crippen LogP contribution in [0.5, 0.6) is 0 Å². The first-order valence-corrected chi connectivity index (χ1v) is 8.31. The van der Waals surface area contributed by atoms with E-state index in [0.29, 0.717) is 10.1 Å². The molecule has 0 fully saturated rings. The van der Waals surface area contributed by atoms with Crippen molar-refractivity contribution in [3.63, 3.8) is 0 Å². The van der Waals surface area contributed by atoms with Crippen LogP contribution in [0.4, 0.5) is 17.6 Å². The summed E-state index contributed by atoms with van der Waals surface area (Å²) in [5, 5.41) is 13.7. The first kappa shape index (κ1) is 18.4. The van der Waals surface area contributed by atoms with Gasteiger partial charge in [-0.25, -0.2) is 17.6 Å².